The molecular formula is C28H29N7. The van der Waals surface area contributed by atoms with Crippen LogP contribution in [0.4, 0.5) is 5.69 Å². The molecule has 0 spiro atoms. The third-order valence-electron chi connectivity index (χ3n) is 7.42. The molecule has 0 N–H and O–H groups in total. The highest BCUT2D eigenvalue weighted by Gasteiger charge is 2.31. The summed E-state index contributed by atoms with van der Waals surface area (Å²) in [7, 11) is 4.32. The van der Waals surface area contributed by atoms with E-state index < -0.39 is 0 Å². The van der Waals surface area contributed by atoms with E-state index in [2.05, 4.69) is 86.7 Å². The van der Waals surface area contributed by atoms with Gasteiger partial charge < -0.3 is 14.4 Å². The number of hydrogen-bond acceptors (Lipinski definition) is 5. The molecule has 2 aliphatic rings. The molecule has 4 aromatic rings. The molecule has 35 heavy (non-hydrogen) atoms. The van der Waals surface area contributed by atoms with Gasteiger partial charge in [-0.25, -0.2) is 0 Å². The van der Waals surface area contributed by atoms with Crippen LogP contribution in [0, 0.1) is 23.2 Å². The summed E-state index contributed by atoms with van der Waals surface area (Å²) in [6, 6.07) is 18.9. The molecule has 4 heterocycles. The molecule has 2 aliphatic heterocycles. The first-order chi connectivity index (χ1) is 17.0. The highest BCUT2D eigenvalue weighted by atomic mass is 15.3. The average molecular weight is 464 g/mol. The molecule has 1 saturated heterocycles. The van der Waals surface area contributed by atoms with Gasteiger partial charge >= 0.3 is 0 Å². The normalized spacial score (nSPS) is 18.7. The van der Waals surface area contributed by atoms with E-state index >= 15 is 0 Å². The molecule has 2 atom stereocenters. The third-order valence-corrected chi connectivity index (χ3v) is 7.42. The second kappa shape index (κ2) is 8.40. The van der Waals surface area contributed by atoms with Crippen molar-refractivity contribution in [1.82, 2.24) is 24.2 Å². The van der Waals surface area contributed by atoms with Gasteiger partial charge in [0.15, 0.2) is 5.82 Å². The van der Waals surface area contributed by atoms with Crippen LogP contribution in [0.2, 0.25) is 0 Å². The zero-order valence-electron chi connectivity index (χ0n) is 20.4. The summed E-state index contributed by atoms with van der Waals surface area (Å²) in [4.78, 5) is 4.84. The molecule has 2 aromatic heterocycles. The predicted octanol–water partition coefficient (Wildman–Crippen LogP) is 4.27. The van der Waals surface area contributed by atoms with Crippen molar-refractivity contribution >= 4 is 5.69 Å². The molecule has 7 heteroatoms. The molecule has 6 rings (SSSR count). The van der Waals surface area contributed by atoms with Gasteiger partial charge in [0.2, 0.25) is 0 Å². The Hall–Kier alpha value is -3.89. The molecule has 176 valence electrons. The summed E-state index contributed by atoms with van der Waals surface area (Å²) in [6.45, 7) is 6.44. The number of fused-ring (bicyclic) bond motifs is 5. The van der Waals surface area contributed by atoms with Crippen molar-refractivity contribution in [2.45, 2.75) is 13.5 Å². The first-order valence-corrected chi connectivity index (χ1v) is 12.1. The van der Waals surface area contributed by atoms with E-state index in [1.807, 2.05) is 30.6 Å². The summed E-state index contributed by atoms with van der Waals surface area (Å²) in [5.74, 6) is 2.20. The number of aromatic nitrogens is 4. The standard InChI is InChI=1S/C28H29N7/c1-19-13-33(17-24(19)14-32(2)3)25-8-9-26-23(10-25)16-34-15-22(21-6-4-20(12-29)5-7-21)11-27(34)28-31-30-18-35(26)28/h4-11,15,18-19,24H,13-14,16-17H2,1-3H3/t19-,24+/m1/s1. The highest BCUT2D eigenvalue weighted by Crippen LogP contribution is 2.36. The van der Waals surface area contributed by atoms with Gasteiger partial charge in [-0.05, 0) is 73.5 Å². The average Bonchev–Trinajstić information content (AvgIpc) is 3.56. The maximum atomic E-state index is 9.13. The Morgan fingerprint density at radius 2 is 1.89 bits per heavy atom. The van der Waals surface area contributed by atoms with Crippen molar-refractivity contribution in [3.8, 4) is 34.4 Å². The number of nitriles is 1. The van der Waals surface area contributed by atoms with Crippen LogP contribution in [0.15, 0.2) is 61.1 Å². The van der Waals surface area contributed by atoms with E-state index in [0.717, 1.165) is 54.5 Å². The predicted molar refractivity (Wildman–Crippen MR) is 137 cm³/mol. The SMILES string of the molecule is C[C@@H]1CN(c2ccc3c(c2)Cn2cc(-c4ccc(C#N)cc4)cc2-c2nncn2-3)C[C@@H]1CN(C)C. The van der Waals surface area contributed by atoms with Crippen molar-refractivity contribution in [2.24, 2.45) is 11.8 Å². The van der Waals surface area contributed by atoms with Crippen LogP contribution in [0.1, 0.15) is 18.1 Å². The van der Waals surface area contributed by atoms with E-state index in [-0.39, 0.29) is 0 Å². The Kier molecular flexibility index (Phi) is 5.19. The number of anilines is 1. The molecule has 7 nitrogen and oxygen atoms in total. The maximum Gasteiger partial charge on any atom is 0.185 e. The zero-order chi connectivity index (χ0) is 24.1. The van der Waals surface area contributed by atoms with Crippen LogP contribution in [0.25, 0.3) is 28.3 Å². The minimum absolute atomic E-state index is 0.666. The van der Waals surface area contributed by atoms with Gasteiger partial charge in [0, 0.05) is 43.6 Å². The van der Waals surface area contributed by atoms with Crippen LogP contribution in [0.5, 0.6) is 0 Å². The van der Waals surface area contributed by atoms with Gasteiger partial charge in [0.1, 0.15) is 6.33 Å². The quantitative estimate of drug-likeness (QED) is 0.398. The minimum atomic E-state index is 0.666. The molecule has 0 radical (unpaired) electrons. The minimum Gasteiger partial charge on any atom is -0.371 e. The maximum absolute atomic E-state index is 9.13. The molecule has 0 aliphatic carbocycles. The fraction of sp³-hybridized carbons (Fsp3) is 0.321. The lowest BCUT2D eigenvalue weighted by atomic mass is 9.98. The molecule has 2 aromatic carbocycles. The van der Waals surface area contributed by atoms with Gasteiger partial charge in [0.05, 0.1) is 23.0 Å². The van der Waals surface area contributed by atoms with Crippen molar-refractivity contribution in [3.05, 3.63) is 72.2 Å². The number of rotatable bonds is 4. The lowest BCUT2D eigenvalue weighted by Crippen LogP contribution is -2.27. The fourth-order valence-electron chi connectivity index (χ4n) is 5.58. The van der Waals surface area contributed by atoms with Crippen molar-refractivity contribution in [1.29, 1.82) is 5.26 Å². The third kappa shape index (κ3) is 3.80. The van der Waals surface area contributed by atoms with Crippen LogP contribution in [-0.4, -0.2) is 58.0 Å². The molecule has 0 unspecified atom stereocenters. The van der Waals surface area contributed by atoms with Crippen LogP contribution in [-0.2, 0) is 6.54 Å². The Labute approximate surface area is 205 Å². The highest BCUT2D eigenvalue weighted by molar-refractivity contribution is 5.72. The molecule has 0 bridgehead atoms. The Morgan fingerprint density at radius 3 is 2.66 bits per heavy atom. The van der Waals surface area contributed by atoms with Gasteiger partial charge in [-0.2, -0.15) is 5.26 Å². The van der Waals surface area contributed by atoms with Crippen LogP contribution < -0.4 is 4.90 Å². The largest absolute Gasteiger partial charge is 0.371 e. The molecule has 0 saturated carbocycles. The Bertz CT molecular complexity index is 1420. The van der Waals surface area contributed by atoms with Crippen LogP contribution in [0.3, 0.4) is 0 Å². The first kappa shape index (κ1) is 21.6. The van der Waals surface area contributed by atoms with Crippen molar-refractivity contribution in [3.63, 3.8) is 0 Å². The molecular weight excluding hydrogens is 434 g/mol. The van der Waals surface area contributed by atoms with Gasteiger partial charge in [-0.3, -0.25) is 4.57 Å². The summed E-state index contributed by atoms with van der Waals surface area (Å²) in [6.07, 6.45) is 3.99. The summed E-state index contributed by atoms with van der Waals surface area (Å²) < 4.78 is 4.37. The first-order valence-electron chi connectivity index (χ1n) is 12.1. The topological polar surface area (TPSA) is 65.9 Å². The number of nitrogens with zero attached hydrogens (tertiary/aromatic N) is 7. The monoisotopic (exact) mass is 463 g/mol. The summed E-state index contributed by atoms with van der Waals surface area (Å²) in [5, 5.41) is 17.8. The number of hydrogen-bond donors (Lipinski definition) is 0. The van der Waals surface area contributed by atoms with Crippen molar-refractivity contribution < 1.29 is 0 Å². The molecule has 0 amide bonds. The second-order valence-corrected chi connectivity index (χ2v) is 10.2. The summed E-state index contributed by atoms with van der Waals surface area (Å²) in [5.41, 5.74) is 7.58. The Balaban J connectivity index is 1.36. The lowest BCUT2D eigenvalue weighted by Gasteiger charge is -2.22. The molecule has 1 fully saturated rings. The van der Waals surface area contributed by atoms with Gasteiger partial charge in [-0.15, -0.1) is 10.2 Å². The Morgan fingerprint density at radius 1 is 1.06 bits per heavy atom. The van der Waals surface area contributed by atoms with E-state index in [1.54, 1.807) is 0 Å². The van der Waals surface area contributed by atoms with Crippen molar-refractivity contribution in [2.75, 3.05) is 38.6 Å². The fourth-order valence-corrected chi connectivity index (χ4v) is 5.58. The summed E-state index contributed by atoms with van der Waals surface area (Å²) >= 11 is 0. The smallest absolute Gasteiger partial charge is 0.185 e. The van der Waals surface area contributed by atoms with E-state index in [9.17, 15) is 0 Å². The lowest BCUT2D eigenvalue weighted by molar-refractivity contribution is 0.301. The van der Waals surface area contributed by atoms with Gasteiger partial charge in [0.25, 0.3) is 0 Å². The number of benzene rings is 2. The second-order valence-electron chi connectivity index (χ2n) is 10.2. The van der Waals surface area contributed by atoms with Gasteiger partial charge in [-0.1, -0.05) is 19.1 Å². The van der Waals surface area contributed by atoms with E-state index in [1.165, 1.54) is 11.3 Å². The van der Waals surface area contributed by atoms with E-state index in [4.69, 9.17) is 5.26 Å². The van der Waals surface area contributed by atoms with E-state index in [0.29, 0.717) is 17.4 Å². The van der Waals surface area contributed by atoms with Crippen LogP contribution >= 0.6 is 0 Å². The zero-order valence-corrected chi connectivity index (χ0v) is 20.4.